The van der Waals surface area contributed by atoms with Gasteiger partial charge in [0.2, 0.25) is 0 Å². The topological polar surface area (TPSA) is 26.3 Å². The normalized spacial score (nSPS) is 13.6. The van der Waals surface area contributed by atoms with Crippen molar-refractivity contribution >= 4 is 41.0 Å². The van der Waals surface area contributed by atoms with E-state index in [2.05, 4.69) is 24.3 Å². The predicted molar refractivity (Wildman–Crippen MR) is 131 cm³/mol. The van der Waals surface area contributed by atoms with Gasteiger partial charge in [0.05, 0.1) is 11.3 Å². The van der Waals surface area contributed by atoms with Gasteiger partial charge in [0.1, 0.15) is 5.75 Å². The summed E-state index contributed by atoms with van der Waals surface area (Å²) in [6, 6.07) is 26.3. The van der Waals surface area contributed by atoms with E-state index in [1.807, 2.05) is 60.7 Å². The van der Waals surface area contributed by atoms with E-state index in [0.29, 0.717) is 0 Å². The molecule has 0 atom stereocenters. The molecule has 1 heterocycles. The molecule has 0 bridgehead atoms. The van der Waals surface area contributed by atoms with Gasteiger partial charge >= 0.3 is 0 Å². The van der Waals surface area contributed by atoms with Gasteiger partial charge in [-0.25, -0.2) is 0 Å². The van der Waals surface area contributed by atoms with Gasteiger partial charge in [-0.3, -0.25) is 4.79 Å². The summed E-state index contributed by atoms with van der Waals surface area (Å²) in [5.74, 6) is 2.90. The van der Waals surface area contributed by atoms with Crippen molar-refractivity contribution in [2.75, 3.05) is 18.6 Å². The van der Waals surface area contributed by atoms with E-state index in [4.69, 9.17) is 4.74 Å². The number of ether oxygens (including phenoxy) is 1. The summed E-state index contributed by atoms with van der Waals surface area (Å²) in [6.07, 6.45) is 3.58. The Morgan fingerprint density at radius 2 is 1.47 bits per heavy atom. The van der Waals surface area contributed by atoms with Crippen molar-refractivity contribution in [1.82, 2.24) is 0 Å². The zero-order chi connectivity index (χ0) is 20.8. The first-order valence-corrected chi connectivity index (χ1v) is 11.7. The van der Waals surface area contributed by atoms with Gasteiger partial charge in [0, 0.05) is 17.1 Å². The van der Waals surface area contributed by atoms with Crippen LogP contribution < -0.4 is 4.74 Å². The molecule has 0 amide bonds. The minimum absolute atomic E-state index is 0.0317. The highest BCUT2D eigenvalue weighted by atomic mass is 32.2. The lowest BCUT2D eigenvalue weighted by atomic mass is 10.0. The Labute approximate surface area is 186 Å². The van der Waals surface area contributed by atoms with Crippen LogP contribution in [0.3, 0.4) is 0 Å². The van der Waals surface area contributed by atoms with E-state index in [-0.39, 0.29) is 5.78 Å². The van der Waals surface area contributed by atoms with Crippen LogP contribution in [-0.2, 0) is 4.79 Å². The highest BCUT2D eigenvalue weighted by Crippen LogP contribution is 2.42. The smallest absolute Gasteiger partial charge is 0.188 e. The molecule has 1 aliphatic rings. The first kappa shape index (κ1) is 20.6. The number of allylic oxidation sites excluding steroid dienone is 2. The minimum Gasteiger partial charge on any atom is -0.497 e. The molecule has 4 heteroatoms. The second-order valence-corrected chi connectivity index (χ2v) is 9.24. The van der Waals surface area contributed by atoms with E-state index in [1.165, 1.54) is 11.1 Å². The maximum atomic E-state index is 13.1. The fraction of sp³-hybridized carbons (Fsp3) is 0.115. The Morgan fingerprint density at radius 1 is 0.833 bits per heavy atom. The monoisotopic (exact) mass is 430 g/mol. The third kappa shape index (κ3) is 4.89. The Kier molecular flexibility index (Phi) is 6.77. The Morgan fingerprint density at radius 3 is 2.10 bits per heavy atom. The molecule has 0 N–H and O–H groups in total. The van der Waals surface area contributed by atoms with Crippen LogP contribution in [0.5, 0.6) is 5.75 Å². The molecule has 4 rings (SSSR count). The summed E-state index contributed by atoms with van der Waals surface area (Å²) in [7, 11) is 1.65. The second-order valence-electron chi connectivity index (χ2n) is 6.77. The molecule has 2 nitrogen and oxygen atoms in total. The van der Waals surface area contributed by atoms with Gasteiger partial charge in [-0.2, -0.15) is 0 Å². The maximum absolute atomic E-state index is 13.1. The number of hydrogen-bond acceptors (Lipinski definition) is 4. The number of benzene rings is 3. The average Bonchev–Trinajstić information content (AvgIpc) is 3.33. The molecular weight excluding hydrogens is 408 g/mol. The maximum Gasteiger partial charge on any atom is 0.188 e. The van der Waals surface area contributed by atoms with Crippen molar-refractivity contribution < 1.29 is 9.53 Å². The van der Waals surface area contributed by atoms with Crippen molar-refractivity contribution in [3.63, 3.8) is 0 Å². The van der Waals surface area contributed by atoms with E-state index in [9.17, 15) is 4.79 Å². The first-order chi connectivity index (χ1) is 14.7. The Balaban J connectivity index is 1.56. The van der Waals surface area contributed by atoms with Crippen molar-refractivity contribution in [3.05, 3.63) is 100 Å². The van der Waals surface area contributed by atoms with E-state index in [0.717, 1.165) is 38.2 Å². The third-order valence-electron chi connectivity index (χ3n) is 4.82. The zero-order valence-corrected chi connectivity index (χ0v) is 18.3. The highest BCUT2D eigenvalue weighted by Gasteiger charge is 2.20. The van der Waals surface area contributed by atoms with Crippen molar-refractivity contribution in [2.24, 2.45) is 0 Å². The molecule has 0 aromatic heterocycles. The van der Waals surface area contributed by atoms with E-state index < -0.39 is 0 Å². The highest BCUT2D eigenvalue weighted by molar-refractivity contribution is 8.25. The van der Waals surface area contributed by atoms with Gasteiger partial charge in [0.15, 0.2) is 5.78 Å². The SMILES string of the molecule is COc1ccc(C(C(=O)/C=C/c2ccc(-c3ccccc3)cc2)=C2SCCS2)cc1. The van der Waals surface area contributed by atoms with Crippen molar-refractivity contribution in [1.29, 1.82) is 0 Å². The molecular formula is C26H22O2S2. The molecule has 30 heavy (non-hydrogen) atoms. The van der Waals surface area contributed by atoms with Gasteiger partial charge in [0.25, 0.3) is 0 Å². The van der Waals surface area contributed by atoms with Crippen molar-refractivity contribution in [3.8, 4) is 16.9 Å². The molecule has 1 aliphatic heterocycles. The summed E-state index contributed by atoms with van der Waals surface area (Å²) in [5, 5.41) is 0. The van der Waals surface area contributed by atoms with E-state index >= 15 is 0 Å². The zero-order valence-electron chi connectivity index (χ0n) is 16.7. The van der Waals surface area contributed by atoms with Crippen LogP contribution in [-0.4, -0.2) is 24.4 Å². The molecule has 0 spiro atoms. The summed E-state index contributed by atoms with van der Waals surface area (Å²) in [6.45, 7) is 0. The molecule has 0 saturated carbocycles. The van der Waals surface area contributed by atoms with Crippen LogP contribution in [0.1, 0.15) is 11.1 Å². The average molecular weight is 431 g/mol. The molecule has 150 valence electrons. The van der Waals surface area contributed by atoms with Crippen LogP contribution in [0.25, 0.3) is 22.8 Å². The lowest BCUT2D eigenvalue weighted by Crippen LogP contribution is -2.00. The summed E-state index contributed by atoms with van der Waals surface area (Å²) in [4.78, 5) is 13.1. The van der Waals surface area contributed by atoms with E-state index in [1.54, 1.807) is 36.7 Å². The first-order valence-electron chi connectivity index (χ1n) is 9.77. The molecule has 1 saturated heterocycles. The predicted octanol–water partition coefficient (Wildman–Crippen LogP) is 6.79. The lowest BCUT2D eigenvalue weighted by molar-refractivity contribution is -0.109. The number of carbonyl (C=O) groups excluding carboxylic acids is 1. The van der Waals surface area contributed by atoms with Crippen LogP contribution in [0.4, 0.5) is 0 Å². The second kappa shape index (κ2) is 9.88. The molecule has 3 aromatic rings. The standard InChI is InChI=1S/C26H22O2S2/c1-28-23-14-12-22(13-15-23)25(26-29-17-18-30-26)24(27)16-9-19-7-10-21(11-8-19)20-5-3-2-4-6-20/h2-16H,17-18H2,1H3/b16-9+. The molecule has 0 radical (unpaired) electrons. The molecule has 0 aliphatic carbocycles. The lowest BCUT2D eigenvalue weighted by Gasteiger charge is -2.09. The fourth-order valence-corrected chi connectivity index (χ4v) is 5.84. The quantitative estimate of drug-likeness (QED) is 0.402. The fourth-order valence-electron chi connectivity index (χ4n) is 3.25. The van der Waals surface area contributed by atoms with Gasteiger partial charge in [-0.15, -0.1) is 23.5 Å². The van der Waals surface area contributed by atoms with Gasteiger partial charge in [-0.1, -0.05) is 72.8 Å². The summed E-state index contributed by atoms with van der Waals surface area (Å²) in [5.41, 5.74) is 5.07. The Bertz CT molecular complexity index is 1060. The summed E-state index contributed by atoms with van der Waals surface area (Å²) < 4.78 is 6.36. The number of ketones is 1. The van der Waals surface area contributed by atoms with Crippen LogP contribution in [0.2, 0.25) is 0 Å². The van der Waals surface area contributed by atoms with Crippen LogP contribution in [0.15, 0.2) is 89.2 Å². The van der Waals surface area contributed by atoms with Gasteiger partial charge < -0.3 is 4.74 Å². The Hall–Kier alpha value is -2.69. The third-order valence-corrected chi connectivity index (χ3v) is 7.54. The number of hydrogen-bond donors (Lipinski definition) is 0. The summed E-state index contributed by atoms with van der Waals surface area (Å²) >= 11 is 3.52. The molecule has 0 unspecified atom stereocenters. The van der Waals surface area contributed by atoms with Crippen LogP contribution in [0, 0.1) is 0 Å². The largest absolute Gasteiger partial charge is 0.497 e. The number of rotatable bonds is 6. The molecule has 3 aromatic carbocycles. The minimum atomic E-state index is 0.0317. The number of methoxy groups -OCH3 is 1. The van der Waals surface area contributed by atoms with Crippen LogP contribution >= 0.6 is 23.5 Å². The van der Waals surface area contributed by atoms with Gasteiger partial charge in [-0.05, 0) is 40.5 Å². The number of carbonyl (C=O) groups is 1. The van der Waals surface area contributed by atoms with Crippen molar-refractivity contribution in [2.45, 2.75) is 0 Å². The number of thioether (sulfide) groups is 2. The molecule has 1 fully saturated rings.